The molecule has 0 bridgehead atoms. The third-order valence-electron chi connectivity index (χ3n) is 8.65. The molecule has 1 aromatic carbocycles. The largest absolute Gasteiger partial charge is 0.513 e. The molecule has 1 N–H and O–H groups in total. The Hall–Kier alpha value is -1.35. The van der Waals surface area contributed by atoms with Gasteiger partial charge >= 0.3 is 0 Å². The highest BCUT2D eigenvalue weighted by molar-refractivity contribution is 5.23. The summed E-state index contributed by atoms with van der Waals surface area (Å²) >= 11 is 0. The molecule has 3 heteroatoms. The maximum absolute atomic E-state index is 13.7. The fraction of sp³-hybridized carbons (Fsp3) is 0.724. The molecule has 1 aromatic rings. The summed E-state index contributed by atoms with van der Waals surface area (Å²) in [6, 6.07) is 7.83. The fourth-order valence-corrected chi connectivity index (χ4v) is 7.01. The minimum absolute atomic E-state index is 0.150. The van der Waals surface area contributed by atoms with E-state index in [-0.39, 0.29) is 5.82 Å². The van der Waals surface area contributed by atoms with E-state index < -0.39 is 0 Å². The molecule has 3 aliphatic rings. The third kappa shape index (κ3) is 6.59. The Morgan fingerprint density at radius 3 is 1.91 bits per heavy atom. The molecule has 32 heavy (non-hydrogen) atoms. The number of halogens is 1. The Morgan fingerprint density at radius 1 is 0.812 bits per heavy atom. The maximum Gasteiger partial charge on any atom is 0.123 e. The van der Waals surface area contributed by atoms with Crippen molar-refractivity contribution in [3.8, 4) is 0 Å². The zero-order valence-electron chi connectivity index (χ0n) is 20.0. The van der Waals surface area contributed by atoms with Gasteiger partial charge < -0.3 is 5.11 Å². The maximum atomic E-state index is 13.7. The van der Waals surface area contributed by atoms with Crippen molar-refractivity contribution >= 4 is 0 Å². The average Bonchev–Trinajstić information content (AvgIpc) is 2.80. The van der Waals surface area contributed by atoms with Crippen molar-refractivity contribution in [3.05, 3.63) is 48.0 Å². The van der Waals surface area contributed by atoms with E-state index in [0.717, 1.165) is 24.7 Å². The summed E-state index contributed by atoms with van der Waals surface area (Å²) in [6.07, 6.45) is 18.1. The van der Waals surface area contributed by atoms with Gasteiger partial charge in [0, 0.05) is 25.6 Å². The first-order valence-corrected chi connectivity index (χ1v) is 13.4. The van der Waals surface area contributed by atoms with Crippen LogP contribution in [0.15, 0.2) is 36.6 Å². The summed E-state index contributed by atoms with van der Waals surface area (Å²) in [6.45, 7) is 6.26. The van der Waals surface area contributed by atoms with Crippen LogP contribution in [-0.2, 0) is 0 Å². The molecule has 0 spiro atoms. The van der Waals surface area contributed by atoms with Gasteiger partial charge in [-0.15, -0.1) is 0 Å². The smallest absolute Gasteiger partial charge is 0.123 e. The van der Waals surface area contributed by atoms with E-state index in [1.54, 1.807) is 12.1 Å². The first-order chi connectivity index (χ1) is 15.6. The fourth-order valence-electron chi connectivity index (χ4n) is 7.01. The normalized spacial score (nSPS) is 28.1. The standard InChI is InChI=1S/C29H44FNO/c1-22(32)18-25-12-17-29(28(19-25)26-13-15-27(30)16-14-26)31(20-23-8-4-2-5-9-23)21-24-10-6-3-7-11-24/h13-16,23-25,28-29,32H,1-12,17-21H2/t25-,28-,29+/m0/s1. The lowest BCUT2D eigenvalue weighted by Gasteiger charge is -2.46. The van der Waals surface area contributed by atoms with E-state index in [1.165, 1.54) is 89.3 Å². The third-order valence-corrected chi connectivity index (χ3v) is 8.65. The van der Waals surface area contributed by atoms with Crippen molar-refractivity contribution in [1.29, 1.82) is 0 Å². The van der Waals surface area contributed by atoms with Crippen molar-refractivity contribution in [2.75, 3.05) is 13.1 Å². The van der Waals surface area contributed by atoms with Crippen LogP contribution in [0.1, 0.15) is 101 Å². The number of rotatable bonds is 8. The summed E-state index contributed by atoms with van der Waals surface area (Å²) in [5.74, 6) is 2.74. The average molecular weight is 442 g/mol. The molecule has 3 saturated carbocycles. The lowest BCUT2D eigenvalue weighted by atomic mass is 9.72. The summed E-state index contributed by atoms with van der Waals surface area (Å²) < 4.78 is 13.7. The number of allylic oxidation sites excluding steroid dienone is 1. The number of aliphatic hydroxyl groups is 1. The van der Waals surface area contributed by atoms with Crippen molar-refractivity contribution in [2.24, 2.45) is 17.8 Å². The molecule has 0 radical (unpaired) electrons. The first-order valence-electron chi connectivity index (χ1n) is 13.4. The van der Waals surface area contributed by atoms with Gasteiger partial charge in [-0.2, -0.15) is 0 Å². The van der Waals surface area contributed by atoms with E-state index in [1.807, 2.05) is 12.1 Å². The molecular weight excluding hydrogens is 397 g/mol. The van der Waals surface area contributed by atoms with Crippen LogP contribution in [0.3, 0.4) is 0 Å². The molecule has 0 aliphatic heterocycles. The molecule has 3 atom stereocenters. The van der Waals surface area contributed by atoms with E-state index >= 15 is 0 Å². The predicted octanol–water partition coefficient (Wildman–Crippen LogP) is 8.00. The van der Waals surface area contributed by atoms with Gasteiger partial charge in [0.05, 0.1) is 5.76 Å². The molecule has 0 aromatic heterocycles. The highest BCUT2D eigenvalue weighted by Crippen LogP contribution is 2.42. The van der Waals surface area contributed by atoms with Crippen LogP contribution >= 0.6 is 0 Å². The number of hydrogen-bond donors (Lipinski definition) is 1. The molecule has 3 aliphatic carbocycles. The minimum Gasteiger partial charge on any atom is -0.513 e. The van der Waals surface area contributed by atoms with Crippen molar-refractivity contribution < 1.29 is 9.50 Å². The number of benzene rings is 1. The van der Waals surface area contributed by atoms with E-state index in [0.29, 0.717) is 30.1 Å². The zero-order chi connectivity index (χ0) is 22.3. The van der Waals surface area contributed by atoms with E-state index in [9.17, 15) is 9.50 Å². The minimum atomic E-state index is -0.150. The van der Waals surface area contributed by atoms with E-state index in [4.69, 9.17) is 0 Å². The molecule has 178 valence electrons. The molecule has 4 rings (SSSR count). The van der Waals surface area contributed by atoms with Gasteiger partial charge in [-0.1, -0.05) is 57.2 Å². The summed E-state index contributed by atoms with van der Waals surface area (Å²) in [5.41, 5.74) is 1.28. The number of hydrogen-bond acceptors (Lipinski definition) is 2. The second-order valence-electron chi connectivity index (χ2n) is 11.1. The molecule has 3 fully saturated rings. The van der Waals surface area contributed by atoms with Crippen molar-refractivity contribution in [1.82, 2.24) is 4.90 Å². The van der Waals surface area contributed by atoms with Crippen LogP contribution in [0.2, 0.25) is 0 Å². The van der Waals surface area contributed by atoms with Crippen LogP contribution in [0, 0.1) is 23.6 Å². The van der Waals surface area contributed by atoms with Gasteiger partial charge in [0.2, 0.25) is 0 Å². The first kappa shape index (κ1) is 23.8. The molecule has 0 saturated heterocycles. The Morgan fingerprint density at radius 2 is 1.38 bits per heavy atom. The van der Waals surface area contributed by atoms with Gasteiger partial charge in [0.1, 0.15) is 5.82 Å². The van der Waals surface area contributed by atoms with Crippen molar-refractivity contribution in [2.45, 2.75) is 102 Å². The SMILES string of the molecule is C=C(O)C[C@@H]1CC[C@@H](N(CC2CCCCC2)CC2CCCCC2)[C@H](c2ccc(F)cc2)C1. The second-order valence-corrected chi connectivity index (χ2v) is 11.1. The lowest BCUT2D eigenvalue weighted by Crippen LogP contribution is -2.47. The molecule has 0 heterocycles. The number of nitrogens with zero attached hydrogens (tertiary/aromatic N) is 1. The van der Waals surface area contributed by atoms with Crippen LogP contribution in [0.5, 0.6) is 0 Å². The Balaban J connectivity index is 1.55. The van der Waals surface area contributed by atoms with E-state index in [2.05, 4.69) is 11.5 Å². The number of aliphatic hydroxyl groups excluding tert-OH is 1. The molecule has 0 unspecified atom stereocenters. The monoisotopic (exact) mass is 441 g/mol. The second kappa shape index (κ2) is 11.7. The van der Waals surface area contributed by atoms with Crippen LogP contribution in [0.4, 0.5) is 4.39 Å². The summed E-state index contributed by atoms with van der Waals surface area (Å²) in [4.78, 5) is 2.89. The lowest BCUT2D eigenvalue weighted by molar-refractivity contribution is 0.0667. The highest BCUT2D eigenvalue weighted by Gasteiger charge is 2.37. The Labute approximate surface area is 195 Å². The highest BCUT2D eigenvalue weighted by atomic mass is 19.1. The summed E-state index contributed by atoms with van der Waals surface area (Å²) in [5, 5.41) is 9.85. The quantitative estimate of drug-likeness (QED) is 0.413. The van der Waals surface area contributed by atoms with Crippen LogP contribution < -0.4 is 0 Å². The predicted molar refractivity (Wildman–Crippen MR) is 131 cm³/mol. The molecular formula is C29H44FNO. The Bertz CT molecular complexity index is 684. The van der Waals surface area contributed by atoms with Gasteiger partial charge in [0.25, 0.3) is 0 Å². The van der Waals surface area contributed by atoms with Gasteiger partial charge in [0.15, 0.2) is 0 Å². The van der Waals surface area contributed by atoms with Gasteiger partial charge in [-0.05, 0) is 86.3 Å². The Kier molecular flexibility index (Phi) is 8.68. The topological polar surface area (TPSA) is 23.5 Å². The van der Waals surface area contributed by atoms with Crippen LogP contribution in [0.25, 0.3) is 0 Å². The van der Waals surface area contributed by atoms with Crippen molar-refractivity contribution in [3.63, 3.8) is 0 Å². The molecule has 2 nitrogen and oxygen atoms in total. The van der Waals surface area contributed by atoms with Gasteiger partial charge in [-0.25, -0.2) is 4.39 Å². The molecule has 0 amide bonds. The summed E-state index contributed by atoms with van der Waals surface area (Å²) in [7, 11) is 0. The van der Waals surface area contributed by atoms with Crippen LogP contribution in [-0.4, -0.2) is 29.1 Å². The zero-order valence-corrected chi connectivity index (χ0v) is 20.0. The van der Waals surface area contributed by atoms with Gasteiger partial charge in [-0.3, -0.25) is 4.90 Å².